The Kier molecular flexibility index (Phi) is 10.6. The molecule has 0 aliphatic carbocycles. The van der Waals surface area contributed by atoms with Crippen LogP contribution in [-0.2, 0) is 21.2 Å². The number of benzene rings is 1. The van der Waals surface area contributed by atoms with Gasteiger partial charge in [-0.2, -0.15) is 21.6 Å². The van der Waals surface area contributed by atoms with Gasteiger partial charge in [0.15, 0.2) is 16.7 Å². The summed E-state index contributed by atoms with van der Waals surface area (Å²) in [4.78, 5) is 15.9. The molecule has 4 bridgehead atoms. The van der Waals surface area contributed by atoms with Gasteiger partial charge in [0.05, 0.1) is 24.3 Å². The molecule has 0 amide bonds. The summed E-state index contributed by atoms with van der Waals surface area (Å²) in [5.74, 6) is 0.726. The highest BCUT2D eigenvalue weighted by molar-refractivity contribution is 7.92. The Labute approximate surface area is 289 Å². The number of aromatic nitrogens is 5. The number of halogens is 3. The molecule has 12 nitrogen and oxygen atoms in total. The number of anilines is 2. The van der Waals surface area contributed by atoms with Crippen molar-refractivity contribution in [2.24, 2.45) is 5.41 Å². The number of nitrogens with one attached hydrogen (secondary N) is 2. The third kappa shape index (κ3) is 8.36. The summed E-state index contributed by atoms with van der Waals surface area (Å²) in [5, 5.41) is 7.52. The molecule has 5 heterocycles. The number of rotatable bonds is 6. The van der Waals surface area contributed by atoms with Crippen molar-refractivity contribution in [3.05, 3.63) is 66.5 Å². The molecule has 16 heteroatoms. The molecule has 4 aromatic rings. The lowest BCUT2D eigenvalue weighted by atomic mass is 9.94. The second-order valence-corrected chi connectivity index (χ2v) is 14.7. The van der Waals surface area contributed by atoms with E-state index in [2.05, 4.69) is 30.0 Å². The van der Waals surface area contributed by atoms with Gasteiger partial charge < -0.3 is 19.7 Å². The molecule has 2 aliphatic rings. The summed E-state index contributed by atoms with van der Waals surface area (Å²) < 4.78 is 83.0. The summed E-state index contributed by atoms with van der Waals surface area (Å²) in [6.45, 7) is 4.86. The summed E-state index contributed by atoms with van der Waals surface area (Å²) in [5.41, 5.74) is -0.0412. The molecule has 1 fully saturated rings. The standard InChI is InChI=1S/C34H41F3N8O4S/c1-33(2,34(35,36)37)23-49-29-15-18-45(42-29)32-31-26-12-7-6-11-24(26)10-5-3-4-8-17-44(22-25-20-38-16-19-48-25)28-13-9-14-30(41-28)50(46,47)43-27(40-31)21-39-32/h6-7,9,11-15,18,21,25,38H,3-5,8,10,16-17,19-20,22-23H2,1-2H3,(H,40,43). The van der Waals surface area contributed by atoms with E-state index in [1.165, 1.54) is 29.2 Å². The monoisotopic (exact) mass is 714 g/mol. The minimum absolute atomic E-state index is 0.0232. The quantitative estimate of drug-likeness (QED) is 0.267. The lowest BCUT2D eigenvalue weighted by Gasteiger charge is -2.31. The second-order valence-electron chi connectivity index (χ2n) is 13.1. The lowest BCUT2D eigenvalue weighted by Crippen LogP contribution is -2.46. The first-order valence-electron chi connectivity index (χ1n) is 16.7. The maximum absolute atomic E-state index is 13.7. The van der Waals surface area contributed by atoms with Gasteiger partial charge in [0.1, 0.15) is 18.1 Å². The van der Waals surface area contributed by atoms with E-state index in [4.69, 9.17) is 14.5 Å². The van der Waals surface area contributed by atoms with E-state index in [1.54, 1.807) is 12.1 Å². The molecule has 1 unspecified atom stereocenters. The zero-order valence-electron chi connectivity index (χ0n) is 28.0. The molecule has 0 saturated carbocycles. The molecular formula is C34H41F3N8O4S. The highest BCUT2D eigenvalue weighted by Crippen LogP contribution is 2.38. The number of alkyl halides is 3. The fraction of sp³-hybridized carbons (Fsp3) is 0.471. The Morgan fingerprint density at radius 1 is 1.02 bits per heavy atom. The van der Waals surface area contributed by atoms with Gasteiger partial charge in [-0.1, -0.05) is 43.2 Å². The van der Waals surface area contributed by atoms with Crippen molar-refractivity contribution in [2.45, 2.75) is 63.3 Å². The van der Waals surface area contributed by atoms with Crippen molar-refractivity contribution in [1.82, 2.24) is 30.0 Å². The highest BCUT2D eigenvalue weighted by atomic mass is 32.2. The zero-order chi connectivity index (χ0) is 35.4. The number of ether oxygens (including phenoxy) is 2. The fourth-order valence-electron chi connectivity index (χ4n) is 5.76. The Morgan fingerprint density at radius 3 is 2.64 bits per heavy atom. The molecule has 1 atom stereocenters. The van der Waals surface area contributed by atoms with Crippen LogP contribution in [0.4, 0.5) is 24.8 Å². The number of sulfonamides is 1. The Bertz CT molecular complexity index is 1880. The van der Waals surface area contributed by atoms with Gasteiger partial charge >= 0.3 is 6.18 Å². The largest absolute Gasteiger partial charge is 0.476 e. The lowest BCUT2D eigenvalue weighted by molar-refractivity contribution is -0.219. The van der Waals surface area contributed by atoms with E-state index < -0.39 is 28.2 Å². The first-order chi connectivity index (χ1) is 23.9. The number of aryl methyl sites for hydroxylation is 1. The number of nitrogens with zero attached hydrogens (tertiary/aromatic N) is 6. The molecule has 1 aromatic carbocycles. The van der Waals surface area contributed by atoms with Crippen LogP contribution < -0.4 is 19.7 Å². The summed E-state index contributed by atoms with van der Waals surface area (Å²) >= 11 is 0. The molecule has 50 heavy (non-hydrogen) atoms. The van der Waals surface area contributed by atoms with Crippen LogP contribution in [0.5, 0.6) is 5.88 Å². The smallest absolute Gasteiger partial charge is 0.397 e. The van der Waals surface area contributed by atoms with Crippen LogP contribution in [0.25, 0.3) is 17.1 Å². The average Bonchev–Trinajstić information content (AvgIpc) is 3.57. The number of hydrogen-bond acceptors (Lipinski definition) is 10. The van der Waals surface area contributed by atoms with Crippen molar-refractivity contribution < 1.29 is 31.1 Å². The van der Waals surface area contributed by atoms with Crippen LogP contribution in [0.1, 0.15) is 45.1 Å². The van der Waals surface area contributed by atoms with Gasteiger partial charge in [-0.3, -0.25) is 4.72 Å². The second kappa shape index (κ2) is 14.9. The Hall–Kier alpha value is -4.28. The molecule has 2 N–H and O–H groups in total. The van der Waals surface area contributed by atoms with Gasteiger partial charge in [0.25, 0.3) is 10.0 Å². The van der Waals surface area contributed by atoms with Crippen molar-refractivity contribution in [3.63, 3.8) is 0 Å². The molecule has 1 saturated heterocycles. The van der Waals surface area contributed by atoms with E-state index >= 15 is 0 Å². The first-order valence-corrected chi connectivity index (χ1v) is 18.2. The highest BCUT2D eigenvalue weighted by Gasteiger charge is 2.48. The average molecular weight is 715 g/mol. The third-order valence-electron chi connectivity index (χ3n) is 8.76. The maximum Gasteiger partial charge on any atom is 0.397 e. The topological polar surface area (TPSA) is 136 Å². The van der Waals surface area contributed by atoms with Gasteiger partial charge in [0.2, 0.25) is 5.88 Å². The van der Waals surface area contributed by atoms with E-state index in [1.807, 2.05) is 24.3 Å². The SMILES string of the molecule is CC(C)(COc1ccn(-c2ncc3nc2-c2ccccc2CCCCCCN(CC2CNCCO2)c2cccc(n2)S(=O)(=O)N3)n1)C(F)(F)F. The number of morpholine rings is 1. The molecule has 0 spiro atoms. The molecular weight excluding hydrogens is 673 g/mol. The van der Waals surface area contributed by atoms with Crippen LogP contribution in [0.3, 0.4) is 0 Å². The van der Waals surface area contributed by atoms with Gasteiger partial charge in [-0.15, -0.1) is 5.10 Å². The maximum atomic E-state index is 13.7. The molecule has 0 radical (unpaired) electrons. The van der Waals surface area contributed by atoms with E-state index in [0.29, 0.717) is 37.8 Å². The predicted octanol–water partition coefficient (Wildman–Crippen LogP) is 5.40. The minimum atomic E-state index is -4.46. The van der Waals surface area contributed by atoms with E-state index in [-0.39, 0.29) is 28.6 Å². The Morgan fingerprint density at radius 2 is 1.84 bits per heavy atom. The van der Waals surface area contributed by atoms with Crippen LogP contribution in [-0.4, -0.2) is 84.8 Å². The van der Waals surface area contributed by atoms with Crippen molar-refractivity contribution in [3.8, 4) is 23.0 Å². The summed E-state index contributed by atoms with van der Waals surface area (Å²) in [6, 6.07) is 14.0. The van der Waals surface area contributed by atoms with Crippen LogP contribution >= 0.6 is 0 Å². The molecule has 2 aliphatic heterocycles. The van der Waals surface area contributed by atoms with E-state index in [9.17, 15) is 21.6 Å². The van der Waals surface area contributed by atoms with Gasteiger partial charge in [-0.05, 0) is 50.8 Å². The van der Waals surface area contributed by atoms with Gasteiger partial charge in [0, 0.05) is 44.0 Å². The molecule has 6 rings (SSSR count). The zero-order valence-corrected chi connectivity index (χ0v) is 28.8. The normalized spacial score (nSPS) is 18.8. The van der Waals surface area contributed by atoms with Crippen LogP contribution in [0.2, 0.25) is 0 Å². The number of hydrogen-bond donors (Lipinski definition) is 2. The summed E-state index contributed by atoms with van der Waals surface area (Å²) in [6.07, 6.45) is 2.74. The van der Waals surface area contributed by atoms with Crippen molar-refractivity contribution in [2.75, 3.05) is 49.0 Å². The predicted molar refractivity (Wildman–Crippen MR) is 182 cm³/mol. The van der Waals surface area contributed by atoms with Gasteiger partial charge in [-0.25, -0.2) is 19.6 Å². The van der Waals surface area contributed by atoms with Crippen molar-refractivity contribution >= 4 is 21.7 Å². The number of pyridine rings is 1. The van der Waals surface area contributed by atoms with Crippen LogP contribution in [0, 0.1) is 5.41 Å². The summed E-state index contributed by atoms with van der Waals surface area (Å²) in [7, 11) is -4.20. The van der Waals surface area contributed by atoms with E-state index in [0.717, 1.165) is 63.6 Å². The van der Waals surface area contributed by atoms with Crippen LogP contribution in [0.15, 0.2) is 66.0 Å². The third-order valence-corrected chi connectivity index (χ3v) is 10.0. The number of fused-ring (bicyclic) bond motifs is 6. The fourth-order valence-corrected chi connectivity index (χ4v) is 6.71. The molecule has 268 valence electrons. The first kappa shape index (κ1) is 35.5. The minimum Gasteiger partial charge on any atom is -0.476 e. The molecule has 3 aromatic heterocycles. The Balaban J connectivity index is 1.35. The van der Waals surface area contributed by atoms with Crippen molar-refractivity contribution in [1.29, 1.82) is 0 Å².